The van der Waals surface area contributed by atoms with Crippen LogP contribution in [0.2, 0.25) is 0 Å². The molecule has 1 aromatic rings. The van der Waals surface area contributed by atoms with Gasteiger partial charge in [-0.05, 0) is 50.4 Å². The highest BCUT2D eigenvalue weighted by Crippen LogP contribution is 2.15. The summed E-state index contributed by atoms with van der Waals surface area (Å²) in [6.45, 7) is 1.12. The van der Waals surface area contributed by atoms with Crippen LogP contribution in [0.3, 0.4) is 0 Å². The summed E-state index contributed by atoms with van der Waals surface area (Å²) in [6, 6.07) is 4.85. The van der Waals surface area contributed by atoms with Crippen LogP contribution in [0.1, 0.15) is 24.8 Å². The summed E-state index contributed by atoms with van der Waals surface area (Å²) in [6.07, 6.45) is 13.4. The fraction of sp³-hybridized carbons (Fsp3) is 0.500. The fourth-order valence-electron chi connectivity index (χ4n) is 2.18. The minimum atomic E-state index is 0.649. The lowest BCUT2D eigenvalue weighted by Gasteiger charge is -2.27. The maximum atomic E-state index is 4.04. The minimum Gasteiger partial charge on any atom is -0.300 e. The first kappa shape index (κ1) is 11.3. The molecule has 2 nitrogen and oxygen atoms in total. The third-order valence-corrected chi connectivity index (χ3v) is 3.30. The van der Waals surface area contributed by atoms with E-state index in [9.17, 15) is 0 Å². The van der Waals surface area contributed by atoms with Crippen molar-refractivity contribution in [2.24, 2.45) is 0 Å². The first-order chi connectivity index (χ1) is 7.86. The van der Waals surface area contributed by atoms with Gasteiger partial charge in [-0.1, -0.05) is 12.2 Å². The molecule has 1 aromatic heterocycles. The van der Waals surface area contributed by atoms with Gasteiger partial charge in [-0.3, -0.25) is 9.88 Å². The third-order valence-electron chi connectivity index (χ3n) is 3.30. The van der Waals surface area contributed by atoms with Gasteiger partial charge < -0.3 is 0 Å². The predicted molar refractivity (Wildman–Crippen MR) is 67.4 cm³/mol. The Bertz CT molecular complexity index is 332. The van der Waals surface area contributed by atoms with Gasteiger partial charge in [0.1, 0.15) is 0 Å². The molecule has 2 rings (SSSR count). The van der Waals surface area contributed by atoms with Gasteiger partial charge in [0, 0.05) is 25.0 Å². The van der Waals surface area contributed by atoms with E-state index in [-0.39, 0.29) is 0 Å². The molecule has 1 aliphatic rings. The van der Waals surface area contributed by atoms with Crippen molar-refractivity contribution in [2.45, 2.75) is 31.7 Å². The maximum Gasteiger partial charge on any atom is 0.0275 e. The molecule has 1 aliphatic carbocycles. The van der Waals surface area contributed by atoms with Crippen molar-refractivity contribution in [3.05, 3.63) is 42.2 Å². The molecule has 0 radical (unpaired) electrons. The molecule has 1 unspecified atom stereocenters. The first-order valence-corrected chi connectivity index (χ1v) is 6.12. The van der Waals surface area contributed by atoms with E-state index in [4.69, 9.17) is 0 Å². The first-order valence-electron chi connectivity index (χ1n) is 6.12. The average Bonchev–Trinajstić information content (AvgIpc) is 2.38. The highest BCUT2D eigenvalue weighted by molar-refractivity contribution is 5.10. The number of hydrogen-bond acceptors (Lipinski definition) is 2. The highest BCUT2D eigenvalue weighted by atomic mass is 15.1. The second-order valence-electron chi connectivity index (χ2n) is 4.51. The van der Waals surface area contributed by atoms with E-state index in [2.05, 4.69) is 41.2 Å². The van der Waals surface area contributed by atoms with Crippen LogP contribution in [0, 0.1) is 0 Å². The Labute approximate surface area is 98.0 Å². The van der Waals surface area contributed by atoms with Gasteiger partial charge in [-0.15, -0.1) is 0 Å². The zero-order chi connectivity index (χ0) is 11.2. The standard InChI is InChI=1S/C14H20N2/c1-16(14-5-3-2-4-6-14)12-9-13-7-10-15-11-8-13/h3,5,7-8,10-11,14H,2,4,6,9,12H2,1H3. The SMILES string of the molecule is CN(CCc1ccncc1)C1C=CCCC1. The van der Waals surface area contributed by atoms with Crippen LogP contribution in [-0.4, -0.2) is 29.5 Å². The van der Waals surface area contributed by atoms with E-state index < -0.39 is 0 Å². The summed E-state index contributed by atoms with van der Waals surface area (Å²) < 4.78 is 0. The van der Waals surface area contributed by atoms with Crippen molar-refractivity contribution in [1.82, 2.24) is 9.88 Å². The maximum absolute atomic E-state index is 4.04. The van der Waals surface area contributed by atoms with Gasteiger partial charge in [0.25, 0.3) is 0 Å². The van der Waals surface area contributed by atoms with E-state index >= 15 is 0 Å². The molecule has 2 heteroatoms. The van der Waals surface area contributed by atoms with Crippen molar-refractivity contribution in [3.63, 3.8) is 0 Å². The Balaban J connectivity index is 1.81. The van der Waals surface area contributed by atoms with Crippen LogP contribution in [0.5, 0.6) is 0 Å². The quantitative estimate of drug-likeness (QED) is 0.719. The monoisotopic (exact) mass is 216 g/mol. The number of allylic oxidation sites excluding steroid dienone is 1. The summed E-state index contributed by atoms with van der Waals surface area (Å²) in [4.78, 5) is 6.49. The molecular formula is C14H20N2. The van der Waals surface area contributed by atoms with E-state index in [1.165, 1.54) is 24.8 Å². The summed E-state index contributed by atoms with van der Waals surface area (Å²) in [5, 5.41) is 0. The number of likely N-dealkylation sites (N-methyl/N-ethyl adjacent to an activating group) is 1. The lowest BCUT2D eigenvalue weighted by Crippen LogP contribution is -2.32. The molecular weight excluding hydrogens is 196 g/mol. The number of rotatable bonds is 4. The summed E-state index contributed by atoms with van der Waals surface area (Å²) in [5.74, 6) is 0. The Morgan fingerprint density at radius 1 is 1.38 bits per heavy atom. The van der Waals surface area contributed by atoms with E-state index in [1.54, 1.807) is 0 Å². The molecule has 0 fully saturated rings. The van der Waals surface area contributed by atoms with Crippen LogP contribution >= 0.6 is 0 Å². The number of hydrogen-bond donors (Lipinski definition) is 0. The topological polar surface area (TPSA) is 16.1 Å². The van der Waals surface area contributed by atoms with Crippen molar-refractivity contribution in [2.75, 3.05) is 13.6 Å². The van der Waals surface area contributed by atoms with Gasteiger partial charge in [-0.25, -0.2) is 0 Å². The van der Waals surface area contributed by atoms with Crippen molar-refractivity contribution in [3.8, 4) is 0 Å². The predicted octanol–water partition coefficient (Wildman–Crippen LogP) is 2.66. The lowest BCUT2D eigenvalue weighted by atomic mass is 10.0. The Kier molecular flexibility index (Phi) is 4.11. The highest BCUT2D eigenvalue weighted by Gasteiger charge is 2.13. The molecule has 0 N–H and O–H groups in total. The minimum absolute atomic E-state index is 0.649. The van der Waals surface area contributed by atoms with Gasteiger partial charge in [0.2, 0.25) is 0 Å². The Morgan fingerprint density at radius 2 is 2.19 bits per heavy atom. The lowest BCUT2D eigenvalue weighted by molar-refractivity contribution is 0.265. The van der Waals surface area contributed by atoms with Gasteiger partial charge in [0.05, 0.1) is 0 Å². The number of pyridine rings is 1. The molecule has 0 saturated carbocycles. The molecule has 1 atom stereocenters. The van der Waals surface area contributed by atoms with Crippen LogP contribution in [0.25, 0.3) is 0 Å². The van der Waals surface area contributed by atoms with Crippen molar-refractivity contribution in [1.29, 1.82) is 0 Å². The van der Waals surface area contributed by atoms with Gasteiger partial charge in [-0.2, -0.15) is 0 Å². The smallest absolute Gasteiger partial charge is 0.0275 e. The molecule has 86 valence electrons. The Hall–Kier alpha value is -1.15. The third kappa shape index (κ3) is 3.17. The molecule has 1 heterocycles. The normalized spacial score (nSPS) is 20.2. The summed E-state index contributed by atoms with van der Waals surface area (Å²) in [5.41, 5.74) is 1.38. The second-order valence-corrected chi connectivity index (χ2v) is 4.51. The molecule has 0 aliphatic heterocycles. The van der Waals surface area contributed by atoms with Crippen LogP contribution < -0.4 is 0 Å². The average molecular weight is 216 g/mol. The molecule has 0 bridgehead atoms. The van der Waals surface area contributed by atoms with Crippen molar-refractivity contribution < 1.29 is 0 Å². The van der Waals surface area contributed by atoms with E-state index in [1.807, 2.05) is 12.4 Å². The fourth-order valence-corrected chi connectivity index (χ4v) is 2.18. The molecule has 0 spiro atoms. The largest absolute Gasteiger partial charge is 0.300 e. The summed E-state index contributed by atoms with van der Waals surface area (Å²) >= 11 is 0. The molecule has 0 saturated heterocycles. The molecule has 16 heavy (non-hydrogen) atoms. The summed E-state index contributed by atoms with van der Waals surface area (Å²) in [7, 11) is 2.22. The second kappa shape index (κ2) is 5.80. The van der Waals surface area contributed by atoms with Gasteiger partial charge >= 0.3 is 0 Å². The van der Waals surface area contributed by atoms with Crippen molar-refractivity contribution >= 4 is 0 Å². The zero-order valence-electron chi connectivity index (χ0n) is 9.97. The van der Waals surface area contributed by atoms with Crippen LogP contribution in [0.15, 0.2) is 36.7 Å². The number of aromatic nitrogens is 1. The number of nitrogens with zero attached hydrogens (tertiary/aromatic N) is 2. The van der Waals surface area contributed by atoms with Crippen LogP contribution in [0.4, 0.5) is 0 Å². The molecule has 0 amide bonds. The van der Waals surface area contributed by atoms with E-state index in [0.717, 1.165) is 13.0 Å². The zero-order valence-corrected chi connectivity index (χ0v) is 9.97. The van der Waals surface area contributed by atoms with Crippen LogP contribution in [-0.2, 0) is 6.42 Å². The Morgan fingerprint density at radius 3 is 2.88 bits per heavy atom. The molecule has 0 aromatic carbocycles. The van der Waals surface area contributed by atoms with Gasteiger partial charge in [0.15, 0.2) is 0 Å². The van der Waals surface area contributed by atoms with E-state index in [0.29, 0.717) is 6.04 Å².